The molecule has 0 aliphatic carbocycles. The standard InChI is InChI=1S/C17H25FN2S/c1-4-14(5-2)16-11-19-17(21-16)20-12(3)10-13-6-8-15(18)9-7-13/h6-9,12,14,16H,4-5,10-11H2,1-3H3,(H,19,20). The molecular weight excluding hydrogens is 283 g/mol. The first-order valence-electron chi connectivity index (χ1n) is 7.84. The van der Waals surface area contributed by atoms with Gasteiger partial charge < -0.3 is 5.32 Å². The summed E-state index contributed by atoms with van der Waals surface area (Å²) in [4.78, 5) is 4.64. The minimum Gasteiger partial charge on any atom is -0.362 e. The van der Waals surface area contributed by atoms with E-state index in [2.05, 4.69) is 31.1 Å². The molecule has 0 amide bonds. The van der Waals surface area contributed by atoms with E-state index in [1.165, 1.54) is 25.0 Å². The minimum atomic E-state index is -0.178. The highest BCUT2D eigenvalue weighted by Gasteiger charge is 2.26. The summed E-state index contributed by atoms with van der Waals surface area (Å²) in [5.41, 5.74) is 1.15. The molecule has 2 nitrogen and oxygen atoms in total. The summed E-state index contributed by atoms with van der Waals surface area (Å²) in [5.74, 6) is 0.577. The zero-order valence-corrected chi connectivity index (χ0v) is 13.9. The smallest absolute Gasteiger partial charge is 0.157 e. The van der Waals surface area contributed by atoms with Gasteiger partial charge in [0.25, 0.3) is 0 Å². The van der Waals surface area contributed by atoms with E-state index >= 15 is 0 Å². The van der Waals surface area contributed by atoms with E-state index in [0.717, 1.165) is 29.6 Å². The Kier molecular flexibility index (Phi) is 6.09. The van der Waals surface area contributed by atoms with Crippen molar-refractivity contribution in [2.24, 2.45) is 10.9 Å². The van der Waals surface area contributed by atoms with Crippen LogP contribution in [0.4, 0.5) is 4.39 Å². The van der Waals surface area contributed by atoms with Gasteiger partial charge in [-0.1, -0.05) is 50.6 Å². The summed E-state index contributed by atoms with van der Waals surface area (Å²) in [5, 5.41) is 5.19. The Morgan fingerprint density at radius 1 is 1.29 bits per heavy atom. The summed E-state index contributed by atoms with van der Waals surface area (Å²) in [6.45, 7) is 7.61. The zero-order valence-electron chi connectivity index (χ0n) is 13.1. The molecule has 116 valence electrons. The van der Waals surface area contributed by atoms with Crippen LogP contribution in [0, 0.1) is 11.7 Å². The quantitative estimate of drug-likeness (QED) is 0.849. The predicted octanol–water partition coefficient (Wildman–Crippen LogP) is 4.25. The van der Waals surface area contributed by atoms with Crippen LogP contribution in [0.1, 0.15) is 39.2 Å². The lowest BCUT2D eigenvalue weighted by molar-refractivity contribution is 0.479. The van der Waals surface area contributed by atoms with Gasteiger partial charge in [0.1, 0.15) is 5.82 Å². The number of hydrogen-bond acceptors (Lipinski definition) is 3. The van der Waals surface area contributed by atoms with Crippen molar-refractivity contribution in [2.75, 3.05) is 6.54 Å². The normalized spacial score (nSPS) is 19.7. The van der Waals surface area contributed by atoms with Crippen LogP contribution in [0.15, 0.2) is 29.3 Å². The van der Waals surface area contributed by atoms with Crippen LogP contribution in [0.2, 0.25) is 0 Å². The van der Waals surface area contributed by atoms with Crippen LogP contribution in [-0.4, -0.2) is 23.0 Å². The largest absolute Gasteiger partial charge is 0.362 e. The van der Waals surface area contributed by atoms with E-state index in [9.17, 15) is 4.39 Å². The maximum atomic E-state index is 12.9. The van der Waals surface area contributed by atoms with Gasteiger partial charge in [-0.25, -0.2) is 4.39 Å². The number of thioether (sulfide) groups is 1. The molecule has 1 heterocycles. The molecule has 0 spiro atoms. The van der Waals surface area contributed by atoms with Crippen molar-refractivity contribution in [1.29, 1.82) is 0 Å². The highest BCUT2D eigenvalue weighted by Crippen LogP contribution is 2.30. The van der Waals surface area contributed by atoms with Gasteiger partial charge in [-0.3, -0.25) is 4.99 Å². The Morgan fingerprint density at radius 3 is 2.57 bits per heavy atom. The SMILES string of the molecule is CCC(CC)C1CN=C(NC(C)Cc2ccc(F)cc2)S1. The molecule has 2 unspecified atom stereocenters. The number of nitrogens with one attached hydrogen (secondary N) is 1. The van der Waals surface area contributed by atoms with Gasteiger partial charge in [-0.2, -0.15) is 0 Å². The lowest BCUT2D eigenvalue weighted by atomic mass is 9.99. The van der Waals surface area contributed by atoms with Crippen LogP contribution >= 0.6 is 11.8 Å². The van der Waals surface area contributed by atoms with Crippen molar-refractivity contribution < 1.29 is 4.39 Å². The summed E-state index contributed by atoms with van der Waals surface area (Å²) < 4.78 is 12.9. The van der Waals surface area contributed by atoms with Crippen molar-refractivity contribution in [3.05, 3.63) is 35.6 Å². The molecular formula is C17H25FN2S. The van der Waals surface area contributed by atoms with E-state index in [1.807, 2.05) is 23.9 Å². The van der Waals surface area contributed by atoms with Crippen LogP contribution in [-0.2, 0) is 6.42 Å². The molecule has 1 aromatic rings. The molecule has 1 aliphatic heterocycles. The van der Waals surface area contributed by atoms with Crippen LogP contribution < -0.4 is 5.32 Å². The number of aliphatic imine (C=N–C) groups is 1. The van der Waals surface area contributed by atoms with Crippen molar-refractivity contribution in [3.8, 4) is 0 Å². The van der Waals surface area contributed by atoms with Gasteiger partial charge in [0.15, 0.2) is 5.17 Å². The van der Waals surface area contributed by atoms with E-state index in [4.69, 9.17) is 0 Å². The topological polar surface area (TPSA) is 24.4 Å². The summed E-state index contributed by atoms with van der Waals surface area (Å²) in [6.07, 6.45) is 3.33. The molecule has 4 heteroatoms. The Hall–Kier alpha value is -1.03. The third-order valence-electron chi connectivity index (χ3n) is 4.08. The van der Waals surface area contributed by atoms with Crippen LogP contribution in [0.25, 0.3) is 0 Å². The number of hydrogen-bond donors (Lipinski definition) is 1. The number of rotatable bonds is 6. The van der Waals surface area contributed by atoms with Crippen molar-refractivity contribution in [3.63, 3.8) is 0 Å². The summed E-state index contributed by atoms with van der Waals surface area (Å²) in [6, 6.07) is 7.05. The number of benzene rings is 1. The third kappa shape index (κ3) is 4.73. The molecule has 1 aromatic carbocycles. The van der Waals surface area contributed by atoms with Crippen molar-refractivity contribution in [2.45, 2.75) is 51.3 Å². The molecule has 0 radical (unpaired) electrons. The Balaban J connectivity index is 1.81. The highest BCUT2D eigenvalue weighted by molar-refractivity contribution is 8.14. The molecule has 0 saturated carbocycles. The second-order valence-electron chi connectivity index (χ2n) is 5.75. The second-order valence-corrected chi connectivity index (χ2v) is 6.98. The minimum absolute atomic E-state index is 0.178. The van der Waals surface area contributed by atoms with E-state index in [-0.39, 0.29) is 5.82 Å². The molecule has 0 bridgehead atoms. The second kappa shape index (κ2) is 7.83. The molecule has 0 fully saturated rings. The highest BCUT2D eigenvalue weighted by atomic mass is 32.2. The van der Waals surface area contributed by atoms with Crippen molar-refractivity contribution >= 4 is 16.9 Å². The monoisotopic (exact) mass is 308 g/mol. The number of halogens is 1. The molecule has 0 aromatic heterocycles. The number of amidine groups is 1. The van der Waals surface area contributed by atoms with E-state index in [0.29, 0.717) is 11.3 Å². The molecule has 2 rings (SSSR count). The maximum Gasteiger partial charge on any atom is 0.157 e. The van der Waals surface area contributed by atoms with Gasteiger partial charge >= 0.3 is 0 Å². The zero-order chi connectivity index (χ0) is 15.2. The number of nitrogens with zero attached hydrogens (tertiary/aromatic N) is 1. The third-order valence-corrected chi connectivity index (χ3v) is 5.38. The van der Waals surface area contributed by atoms with Gasteiger partial charge in [0.05, 0.1) is 6.54 Å². The van der Waals surface area contributed by atoms with Gasteiger partial charge in [-0.15, -0.1) is 0 Å². The Morgan fingerprint density at radius 2 is 1.95 bits per heavy atom. The Bertz CT molecular complexity index is 468. The maximum absolute atomic E-state index is 12.9. The average Bonchev–Trinajstić information content (AvgIpc) is 2.91. The molecule has 2 atom stereocenters. The van der Waals surface area contributed by atoms with Gasteiger partial charge in [0.2, 0.25) is 0 Å². The summed E-state index contributed by atoms with van der Waals surface area (Å²) in [7, 11) is 0. The lowest BCUT2D eigenvalue weighted by Gasteiger charge is -2.20. The fraction of sp³-hybridized carbons (Fsp3) is 0.588. The molecule has 0 saturated heterocycles. The first kappa shape index (κ1) is 16.3. The first-order chi connectivity index (χ1) is 10.1. The van der Waals surface area contributed by atoms with E-state index in [1.54, 1.807) is 0 Å². The first-order valence-corrected chi connectivity index (χ1v) is 8.72. The van der Waals surface area contributed by atoms with Crippen LogP contribution in [0.3, 0.4) is 0 Å². The predicted molar refractivity (Wildman–Crippen MR) is 90.5 cm³/mol. The van der Waals surface area contributed by atoms with Gasteiger partial charge in [-0.05, 0) is 37.0 Å². The summed E-state index contributed by atoms with van der Waals surface area (Å²) >= 11 is 1.89. The average molecular weight is 308 g/mol. The van der Waals surface area contributed by atoms with Crippen molar-refractivity contribution in [1.82, 2.24) is 5.32 Å². The van der Waals surface area contributed by atoms with Crippen LogP contribution in [0.5, 0.6) is 0 Å². The molecule has 1 N–H and O–H groups in total. The molecule has 1 aliphatic rings. The fourth-order valence-electron chi connectivity index (χ4n) is 2.77. The van der Waals surface area contributed by atoms with Gasteiger partial charge in [0, 0.05) is 11.3 Å². The molecule has 21 heavy (non-hydrogen) atoms. The van der Waals surface area contributed by atoms with E-state index < -0.39 is 0 Å². The lowest BCUT2D eigenvalue weighted by Crippen LogP contribution is -2.32. The Labute approximate surface area is 131 Å². The fourth-order valence-corrected chi connectivity index (χ4v) is 4.20.